The zero-order valence-electron chi connectivity index (χ0n) is 34.5. The van der Waals surface area contributed by atoms with Gasteiger partial charge in [0.2, 0.25) is 0 Å². The standard InChI is InChI=1S/C44H81NO7/c1-6-8-10-12-14-15-16-17-18-19-20-21-22-23-24-25-26-27-29-30-32-34-42(46)51-39-40(38-50-37-36-41(44(48)49)45(3,4)5)52-43(47)35-33-31-28-13-11-9-7-2/h8,10,14-15,40-41H,6-7,9,11-13,16-39H2,1-5H3/p+1/b10-8+,15-14+. The van der Waals surface area contributed by atoms with Crippen LogP contribution in [0.2, 0.25) is 0 Å². The number of carboxylic acids is 1. The third-order valence-corrected chi connectivity index (χ3v) is 9.62. The second-order valence-electron chi connectivity index (χ2n) is 15.6. The first-order chi connectivity index (χ1) is 25.1. The normalized spacial score (nSPS) is 13.2. The van der Waals surface area contributed by atoms with Gasteiger partial charge in [-0.15, -0.1) is 0 Å². The molecule has 2 atom stereocenters. The number of unbranched alkanes of at least 4 members (excludes halogenated alkanes) is 20. The molecule has 0 heterocycles. The molecular formula is C44H82NO7+. The van der Waals surface area contributed by atoms with Crippen molar-refractivity contribution in [2.24, 2.45) is 0 Å². The summed E-state index contributed by atoms with van der Waals surface area (Å²) in [4.78, 5) is 36.7. The summed E-state index contributed by atoms with van der Waals surface area (Å²) in [5.41, 5.74) is 0. The van der Waals surface area contributed by atoms with Gasteiger partial charge < -0.3 is 23.8 Å². The molecule has 0 aliphatic carbocycles. The van der Waals surface area contributed by atoms with E-state index in [0.29, 0.717) is 19.3 Å². The Labute approximate surface area is 320 Å². The van der Waals surface area contributed by atoms with Gasteiger partial charge in [0, 0.05) is 19.3 Å². The van der Waals surface area contributed by atoms with Gasteiger partial charge in [0.25, 0.3) is 0 Å². The fourth-order valence-electron chi connectivity index (χ4n) is 6.31. The Balaban J connectivity index is 4.12. The maximum absolute atomic E-state index is 12.6. The Morgan fingerprint density at radius 3 is 1.58 bits per heavy atom. The van der Waals surface area contributed by atoms with E-state index in [0.717, 1.165) is 51.4 Å². The quantitative estimate of drug-likeness (QED) is 0.0291. The average molecular weight is 737 g/mol. The lowest BCUT2D eigenvalue weighted by Crippen LogP contribution is -2.50. The van der Waals surface area contributed by atoms with Crippen LogP contribution in [0.3, 0.4) is 0 Å². The number of carboxylic acid groups (broad SMARTS) is 1. The van der Waals surface area contributed by atoms with Crippen LogP contribution >= 0.6 is 0 Å². The average Bonchev–Trinajstić information content (AvgIpc) is 3.09. The molecule has 0 saturated heterocycles. The molecule has 1 N–H and O–H groups in total. The Morgan fingerprint density at radius 2 is 1.08 bits per heavy atom. The van der Waals surface area contributed by atoms with E-state index in [-0.39, 0.29) is 36.2 Å². The van der Waals surface area contributed by atoms with Crippen LogP contribution in [0, 0.1) is 0 Å². The zero-order valence-corrected chi connectivity index (χ0v) is 34.5. The van der Waals surface area contributed by atoms with Crippen LogP contribution in [0.15, 0.2) is 24.3 Å². The van der Waals surface area contributed by atoms with Crippen molar-refractivity contribution in [3.8, 4) is 0 Å². The van der Waals surface area contributed by atoms with Crippen LogP contribution in [0.25, 0.3) is 0 Å². The molecule has 0 rings (SSSR count). The minimum atomic E-state index is -0.875. The third kappa shape index (κ3) is 33.6. The molecule has 0 aliphatic heterocycles. The van der Waals surface area contributed by atoms with Crippen LogP contribution in [0.1, 0.15) is 187 Å². The highest BCUT2D eigenvalue weighted by Crippen LogP contribution is 2.15. The number of carbonyl (C=O) groups is 3. The van der Waals surface area contributed by atoms with E-state index in [1.807, 2.05) is 21.1 Å². The highest BCUT2D eigenvalue weighted by atomic mass is 16.6. The van der Waals surface area contributed by atoms with E-state index in [4.69, 9.17) is 14.2 Å². The minimum Gasteiger partial charge on any atom is -0.477 e. The Morgan fingerprint density at radius 1 is 0.596 bits per heavy atom. The first kappa shape index (κ1) is 49.8. The lowest BCUT2D eigenvalue weighted by atomic mass is 10.0. The molecule has 0 fully saturated rings. The summed E-state index contributed by atoms with van der Waals surface area (Å²) in [6.45, 7) is 4.60. The lowest BCUT2D eigenvalue weighted by molar-refractivity contribution is -0.887. The summed E-state index contributed by atoms with van der Waals surface area (Å²) in [6, 6.07) is -0.609. The van der Waals surface area contributed by atoms with Crippen LogP contribution in [-0.2, 0) is 28.6 Å². The second kappa shape index (κ2) is 35.8. The van der Waals surface area contributed by atoms with Crippen molar-refractivity contribution in [1.82, 2.24) is 0 Å². The smallest absolute Gasteiger partial charge is 0.362 e. The number of quaternary nitrogens is 1. The SMILES string of the molecule is CC/C=C/C/C=C/CCCCCCCCCCCCCCCCC(=O)OCC(COCCC(C(=O)O)[N+](C)(C)C)OC(=O)CCCCCCCCC. The number of nitrogens with zero attached hydrogens (tertiary/aromatic N) is 1. The van der Waals surface area contributed by atoms with Crippen LogP contribution in [0.4, 0.5) is 0 Å². The zero-order chi connectivity index (χ0) is 38.5. The first-order valence-electron chi connectivity index (χ1n) is 21.4. The molecule has 0 aliphatic rings. The molecule has 0 aromatic rings. The molecule has 8 nitrogen and oxygen atoms in total. The third-order valence-electron chi connectivity index (χ3n) is 9.62. The predicted molar refractivity (Wildman–Crippen MR) is 215 cm³/mol. The van der Waals surface area contributed by atoms with Gasteiger partial charge in [-0.1, -0.05) is 154 Å². The van der Waals surface area contributed by atoms with Gasteiger partial charge in [0.1, 0.15) is 6.61 Å². The largest absolute Gasteiger partial charge is 0.477 e. The number of aliphatic carboxylic acids is 1. The van der Waals surface area contributed by atoms with Gasteiger partial charge in [-0.3, -0.25) is 9.59 Å². The van der Waals surface area contributed by atoms with Gasteiger partial charge in [-0.2, -0.15) is 0 Å². The summed E-state index contributed by atoms with van der Waals surface area (Å²) in [7, 11) is 5.52. The first-order valence-corrected chi connectivity index (χ1v) is 21.4. The topological polar surface area (TPSA) is 99.1 Å². The number of hydrogen-bond acceptors (Lipinski definition) is 6. The maximum Gasteiger partial charge on any atom is 0.362 e. The van der Waals surface area contributed by atoms with Gasteiger partial charge in [0.05, 0.1) is 34.4 Å². The molecule has 0 aromatic carbocycles. The van der Waals surface area contributed by atoms with Crippen LogP contribution in [-0.4, -0.2) is 80.6 Å². The van der Waals surface area contributed by atoms with E-state index in [9.17, 15) is 19.5 Å². The molecule has 0 spiro atoms. The Bertz CT molecular complexity index is 911. The van der Waals surface area contributed by atoms with Crippen LogP contribution in [0.5, 0.6) is 0 Å². The summed E-state index contributed by atoms with van der Waals surface area (Å²) in [5.74, 6) is -1.47. The van der Waals surface area contributed by atoms with Gasteiger partial charge in [0.15, 0.2) is 12.1 Å². The molecule has 0 bridgehead atoms. The predicted octanol–water partition coefficient (Wildman–Crippen LogP) is 11.3. The summed E-state index contributed by atoms with van der Waals surface area (Å²) >= 11 is 0. The second-order valence-corrected chi connectivity index (χ2v) is 15.6. The molecule has 304 valence electrons. The van der Waals surface area contributed by atoms with Gasteiger partial charge in [-0.25, -0.2) is 4.79 Å². The number of ether oxygens (including phenoxy) is 3. The van der Waals surface area contributed by atoms with Crippen molar-refractivity contribution in [1.29, 1.82) is 0 Å². The van der Waals surface area contributed by atoms with E-state index in [1.165, 1.54) is 103 Å². The molecule has 8 heteroatoms. The number of carbonyl (C=O) groups excluding carboxylic acids is 2. The molecule has 0 aromatic heterocycles. The molecular weight excluding hydrogens is 654 g/mol. The highest BCUT2D eigenvalue weighted by molar-refractivity contribution is 5.72. The number of likely N-dealkylation sites (N-methyl/N-ethyl adjacent to an activating group) is 1. The molecule has 2 unspecified atom stereocenters. The number of hydrogen-bond donors (Lipinski definition) is 1. The fraction of sp³-hybridized carbons (Fsp3) is 0.841. The molecule has 0 radical (unpaired) electrons. The highest BCUT2D eigenvalue weighted by Gasteiger charge is 2.31. The van der Waals surface area contributed by atoms with Crippen molar-refractivity contribution < 1.29 is 38.2 Å². The fourth-order valence-corrected chi connectivity index (χ4v) is 6.31. The Kier molecular flexibility index (Phi) is 34.3. The Hall–Kier alpha value is -2.19. The lowest BCUT2D eigenvalue weighted by Gasteiger charge is -2.31. The van der Waals surface area contributed by atoms with Crippen molar-refractivity contribution in [2.75, 3.05) is 41.0 Å². The van der Waals surface area contributed by atoms with E-state index < -0.39 is 18.1 Å². The van der Waals surface area contributed by atoms with Gasteiger partial charge in [-0.05, 0) is 38.5 Å². The van der Waals surface area contributed by atoms with Crippen molar-refractivity contribution in [2.45, 2.75) is 199 Å². The van der Waals surface area contributed by atoms with E-state index >= 15 is 0 Å². The van der Waals surface area contributed by atoms with E-state index in [1.54, 1.807) is 0 Å². The summed E-state index contributed by atoms with van der Waals surface area (Å²) in [5, 5.41) is 9.58. The van der Waals surface area contributed by atoms with Crippen molar-refractivity contribution >= 4 is 17.9 Å². The van der Waals surface area contributed by atoms with Crippen LogP contribution < -0.4 is 0 Å². The van der Waals surface area contributed by atoms with Crippen molar-refractivity contribution in [3.05, 3.63) is 24.3 Å². The molecule has 0 saturated carbocycles. The summed E-state index contributed by atoms with van der Waals surface area (Å²) < 4.78 is 17.2. The number of allylic oxidation sites excluding steroid dienone is 4. The summed E-state index contributed by atoms with van der Waals surface area (Å²) in [6.07, 6.45) is 38.1. The maximum atomic E-state index is 12.6. The van der Waals surface area contributed by atoms with Crippen molar-refractivity contribution in [3.63, 3.8) is 0 Å². The minimum absolute atomic E-state index is 0.0473. The van der Waals surface area contributed by atoms with Gasteiger partial charge >= 0.3 is 17.9 Å². The van der Waals surface area contributed by atoms with E-state index in [2.05, 4.69) is 38.2 Å². The monoisotopic (exact) mass is 737 g/mol. The molecule has 0 amide bonds. The number of rotatable bonds is 38. The number of esters is 2. The molecule has 52 heavy (non-hydrogen) atoms.